The predicted octanol–water partition coefficient (Wildman–Crippen LogP) is 3.51. The molecule has 0 fully saturated rings. The zero-order valence-corrected chi connectivity index (χ0v) is 10.9. The van der Waals surface area contributed by atoms with E-state index in [-0.39, 0.29) is 11.6 Å². The lowest BCUT2D eigenvalue weighted by Gasteiger charge is -2.00. The first-order chi connectivity index (χ1) is 10.1. The standard InChI is InChI=1S/C17H11FO3/c18-14-6-4-12(5-7-14)16-10-13(17(20)21-16)8-11-2-1-3-15(19)9-11/h1-10,19H/b13-8+. The Kier molecular flexibility index (Phi) is 3.28. The molecule has 1 aliphatic rings. The minimum Gasteiger partial charge on any atom is -0.508 e. The second kappa shape index (κ2) is 5.25. The van der Waals surface area contributed by atoms with Crippen molar-refractivity contribution in [3.63, 3.8) is 0 Å². The van der Waals surface area contributed by atoms with Gasteiger partial charge in [-0.25, -0.2) is 9.18 Å². The van der Waals surface area contributed by atoms with Crippen LogP contribution in [0.1, 0.15) is 11.1 Å². The van der Waals surface area contributed by atoms with Gasteiger partial charge in [0.25, 0.3) is 0 Å². The first-order valence-corrected chi connectivity index (χ1v) is 6.32. The molecule has 104 valence electrons. The zero-order valence-electron chi connectivity index (χ0n) is 10.9. The van der Waals surface area contributed by atoms with E-state index in [1.54, 1.807) is 48.6 Å². The number of phenols is 1. The summed E-state index contributed by atoms with van der Waals surface area (Å²) < 4.78 is 18.1. The fourth-order valence-corrected chi connectivity index (χ4v) is 2.04. The van der Waals surface area contributed by atoms with E-state index in [0.29, 0.717) is 22.5 Å². The number of benzene rings is 2. The first kappa shape index (κ1) is 13.1. The number of cyclic esters (lactones) is 1. The summed E-state index contributed by atoms with van der Waals surface area (Å²) in [6, 6.07) is 12.3. The monoisotopic (exact) mass is 282 g/mol. The third-order valence-corrected chi connectivity index (χ3v) is 3.05. The molecule has 3 rings (SSSR count). The van der Waals surface area contributed by atoms with E-state index in [1.807, 2.05) is 0 Å². The molecule has 0 unspecified atom stereocenters. The third kappa shape index (κ3) is 2.84. The molecule has 1 aliphatic heterocycles. The van der Waals surface area contributed by atoms with Crippen LogP contribution in [0.2, 0.25) is 0 Å². The molecule has 2 aromatic carbocycles. The van der Waals surface area contributed by atoms with Crippen molar-refractivity contribution in [2.24, 2.45) is 0 Å². The molecule has 0 aromatic heterocycles. The van der Waals surface area contributed by atoms with Crippen molar-refractivity contribution < 1.29 is 19.0 Å². The lowest BCUT2D eigenvalue weighted by molar-refractivity contribution is -0.130. The normalized spacial score (nSPS) is 16.0. The average Bonchev–Trinajstić information content (AvgIpc) is 2.81. The van der Waals surface area contributed by atoms with E-state index in [1.165, 1.54) is 12.1 Å². The van der Waals surface area contributed by atoms with Gasteiger partial charge in [-0.1, -0.05) is 12.1 Å². The van der Waals surface area contributed by atoms with Crippen LogP contribution in [0.5, 0.6) is 5.75 Å². The van der Waals surface area contributed by atoms with E-state index in [2.05, 4.69) is 0 Å². The lowest BCUT2D eigenvalue weighted by atomic mass is 10.1. The summed E-state index contributed by atoms with van der Waals surface area (Å²) in [4.78, 5) is 11.8. The van der Waals surface area contributed by atoms with Gasteiger partial charge in [0.05, 0.1) is 5.57 Å². The van der Waals surface area contributed by atoms with Crippen LogP contribution in [-0.2, 0) is 9.53 Å². The number of hydrogen-bond acceptors (Lipinski definition) is 3. The minimum absolute atomic E-state index is 0.124. The molecular formula is C17H11FO3. The molecule has 1 N–H and O–H groups in total. The summed E-state index contributed by atoms with van der Waals surface area (Å²) in [5.74, 6) is -0.318. The number of ether oxygens (including phenoxy) is 1. The van der Waals surface area contributed by atoms with Gasteiger partial charge in [-0.15, -0.1) is 0 Å². The smallest absolute Gasteiger partial charge is 0.343 e. The summed E-state index contributed by atoms with van der Waals surface area (Å²) in [5.41, 5.74) is 1.70. The molecule has 0 amide bonds. The number of rotatable bonds is 2. The molecule has 2 aromatic rings. The number of phenolic OH excluding ortho intramolecular Hbond substituents is 1. The van der Waals surface area contributed by atoms with Gasteiger partial charge in [-0.2, -0.15) is 0 Å². The Labute approximate surface area is 120 Å². The van der Waals surface area contributed by atoms with Crippen LogP contribution >= 0.6 is 0 Å². The molecule has 3 nitrogen and oxygen atoms in total. The number of halogens is 1. The van der Waals surface area contributed by atoms with Crippen molar-refractivity contribution in [3.05, 3.63) is 77.1 Å². The summed E-state index contributed by atoms with van der Waals surface area (Å²) >= 11 is 0. The Morgan fingerprint density at radius 3 is 2.57 bits per heavy atom. The molecule has 0 spiro atoms. The highest BCUT2D eigenvalue weighted by molar-refractivity contribution is 6.05. The Morgan fingerprint density at radius 1 is 1.10 bits per heavy atom. The molecule has 4 heteroatoms. The molecular weight excluding hydrogens is 271 g/mol. The van der Waals surface area contributed by atoms with Gasteiger partial charge in [0.15, 0.2) is 0 Å². The van der Waals surface area contributed by atoms with Crippen LogP contribution in [0.4, 0.5) is 4.39 Å². The number of carbonyl (C=O) groups is 1. The van der Waals surface area contributed by atoms with E-state index >= 15 is 0 Å². The van der Waals surface area contributed by atoms with Gasteiger partial charge in [-0.3, -0.25) is 0 Å². The highest BCUT2D eigenvalue weighted by Gasteiger charge is 2.21. The molecule has 0 aliphatic carbocycles. The average molecular weight is 282 g/mol. The van der Waals surface area contributed by atoms with Crippen molar-refractivity contribution in [2.45, 2.75) is 0 Å². The van der Waals surface area contributed by atoms with Gasteiger partial charge in [0.1, 0.15) is 17.3 Å². The van der Waals surface area contributed by atoms with Gasteiger partial charge in [0.2, 0.25) is 0 Å². The number of aromatic hydroxyl groups is 1. The van der Waals surface area contributed by atoms with E-state index in [0.717, 1.165) is 0 Å². The first-order valence-electron chi connectivity index (χ1n) is 6.32. The molecule has 0 saturated heterocycles. The Hall–Kier alpha value is -2.88. The third-order valence-electron chi connectivity index (χ3n) is 3.05. The molecule has 0 bridgehead atoms. The largest absolute Gasteiger partial charge is 0.508 e. The van der Waals surface area contributed by atoms with Crippen LogP contribution in [0, 0.1) is 5.82 Å². The number of carbonyl (C=O) groups excluding carboxylic acids is 1. The highest BCUT2D eigenvalue weighted by Crippen LogP contribution is 2.27. The van der Waals surface area contributed by atoms with E-state index in [9.17, 15) is 14.3 Å². The number of hydrogen-bond donors (Lipinski definition) is 1. The van der Waals surface area contributed by atoms with Crippen LogP contribution in [0.15, 0.2) is 60.2 Å². The Morgan fingerprint density at radius 2 is 1.86 bits per heavy atom. The molecule has 0 radical (unpaired) electrons. The summed E-state index contributed by atoms with van der Waals surface area (Å²) in [6.07, 6.45) is 3.22. The van der Waals surface area contributed by atoms with Crippen molar-refractivity contribution in [2.75, 3.05) is 0 Å². The second-order valence-corrected chi connectivity index (χ2v) is 4.60. The molecule has 21 heavy (non-hydrogen) atoms. The molecule has 0 atom stereocenters. The van der Waals surface area contributed by atoms with Crippen LogP contribution in [0.3, 0.4) is 0 Å². The van der Waals surface area contributed by atoms with Crippen molar-refractivity contribution in [1.82, 2.24) is 0 Å². The van der Waals surface area contributed by atoms with Crippen molar-refractivity contribution in [1.29, 1.82) is 0 Å². The minimum atomic E-state index is -0.474. The number of esters is 1. The van der Waals surface area contributed by atoms with Crippen molar-refractivity contribution in [3.8, 4) is 5.75 Å². The van der Waals surface area contributed by atoms with Gasteiger partial charge in [0, 0.05) is 5.56 Å². The summed E-state index contributed by atoms with van der Waals surface area (Å²) in [6.45, 7) is 0. The highest BCUT2D eigenvalue weighted by atomic mass is 19.1. The zero-order chi connectivity index (χ0) is 14.8. The maximum atomic E-state index is 12.9. The molecule has 1 heterocycles. The van der Waals surface area contributed by atoms with E-state index in [4.69, 9.17) is 4.74 Å². The maximum Gasteiger partial charge on any atom is 0.343 e. The fourth-order valence-electron chi connectivity index (χ4n) is 2.04. The Bertz CT molecular complexity index is 758. The second-order valence-electron chi connectivity index (χ2n) is 4.60. The van der Waals surface area contributed by atoms with Gasteiger partial charge >= 0.3 is 5.97 Å². The SMILES string of the molecule is O=C1OC(c2ccc(F)cc2)=C/C1=C\c1cccc(O)c1. The fraction of sp³-hybridized carbons (Fsp3) is 0. The lowest BCUT2D eigenvalue weighted by Crippen LogP contribution is -1.97. The summed E-state index contributed by atoms with van der Waals surface area (Å²) in [7, 11) is 0. The van der Waals surface area contributed by atoms with Gasteiger partial charge < -0.3 is 9.84 Å². The van der Waals surface area contributed by atoms with E-state index < -0.39 is 5.97 Å². The van der Waals surface area contributed by atoms with Crippen LogP contribution < -0.4 is 0 Å². The summed E-state index contributed by atoms with van der Waals surface area (Å²) in [5, 5.41) is 9.41. The molecule has 0 saturated carbocycles. The van der Waals surface area contributed by atoms with Gasteiger partial charge in [-0.05, 0) is 54.1 Å². The topological polar surface area (TPSA) is 46.5 Å². The predicted molar refractivity (Wildman–Crippen MR) is 76.6 cm³/mol. The quantitative estimate of drug-likeness (QED) is 0.677. The Balaban J connectivity index is 1.93. The van der Waals surface area contributed by atoms with Crippen molar-refractivity contribution >= 4 is 17.8 Å². The maximum absolute atomic E-state index is 12.9. The van der Waals surface area contributed by atoms with Crippen LogP contribution in [-0.4, -0.2) is 11.1 Å². The van der Waals surface area contributed by atoms with Crippen LogP contribution in [0.25, 0.3) is 11.8 Å².